The molecule has 0 atom stereocenters. The van der Waals surface area contributed by atoms with Crippen molar-refractivity contribution in [1.29, 1.82) is 5.26 Å². The van der Waals surface area contributed by atoms with Gasteiger partial charge in [0.05, 0.1) is 5.69 Å². The molecule has 3 heteroatoms. The van der Waals surface area contributed by atoms with Gasteiger partial charge in [-0.15, -0.1) is 0 Å². The monoisotopic (exact) mass is 306 g/mol. The molecule has 1 aliphatic carbocycles. The van der Waals surface area contributed by atoms with Crippen molar-refractivity contribution >= 4 is 0 Å². The molecule has 0 unspecified atom stereocenters. The summed E-state index contributed by atoms with van der Waals surface area (Å²) in [6.45, 7) is 4.14. The van der Waals surface area contributed by atoms with Gasteiger partial charge in [0.2, 0.25) is 0 Å². The molecule has 0 bridgehead atoms. The van der Waals surface area contributed by atoms with Crippen LogP contribution in [0.1, 0.15) is 54.8 Å². The van der Waals surface area contributed by atoms with Crippen molar-refractivity contribution in [2.24, 2.45) is 0 Å². The number of rotatable bonds is 2. The Bertz CT molecular complexity index is 821. The fourth-order valence-electron chi connectivity index (χ4n) is 3.57. The van der Waals surface area contributed by atoms with E-state index in [-0.39, 0.29) is 17.2 Å². The van der Waals surface area contributed by atoms with Gasteiger partial charge in [-0.05, 0) is 50.5 Å². The number of aromatic nitrogens is 1. The fourth-order valence-corrected chi connectivity index (χ4v) is 3.57. The number of hydrogen-bond donors (Lipinski definition) is 0. The third-order valence-corrected chi connectivity index (χ3v) is 4.85. The minimum Gasteiger partial charge on any atom is -0.304 e. The number of aryl methyl sites for hydroxylation is 2. The predicted octanol–water partition coefficient (Wildman–Crippen LogP) is 4.51. The topological polar surface area (TPSA) is 45.8 Å². The lowest BCUT2D eigenvalue weighted by Crippen LogP contribution is -2.29. The largest absolute Gasteiger partial charge is 0.304 e. The van der Waals surface area contributed by atoms with Crippen LogP contribution in [0.15, 0.2) is 35.1 Å². The first-order chi connectivity index (χ1) is 11.1. The molecule has 0 amide bonds. The van der Waals surface area contributed by atoms with Gasteiger partial charge in [-0.1, -0.05) is 37.0 Å². The van der Waals surface area contributed by atoms with E-state index >= 15 is 0 Å². The molecule has 0 radical (unpaired) electrons. The first kappa shape index (κ1) is 15.6. The van der Waals surface area contributed by atoms with Crippen LogP contribution in [-0.4, -0.2) is 4.57 Å². The minimum atomic E-state index is -0.141. The highest BCUT2D eigenvalue weighted by atomic mass is 16.1. The molecule has 0 N–H and O–H groups in total. The van der Waals surface area contributed by atoms with E-state index in [1.165, 1.54) is 12.0 Å². The summed E-state index contributed by atoms with van der Waals surface area (Å²) in [5.41, 5.74) is 4.48. The normalized spacial score (nSPS) is 15.3. The molecular weight excluding hydrogens is 284 g/mol. The summed E-state index contributed by atoms with van der Waals surface area (Å²) in [6, 6.07) is 12.2. The van der Waals surface area contributed by atoms with Crippen molar-refractivity contribution in [3.05, 3.63) is 57.4 Å². The van der Waals surface area contributed by atoms with E-state index in [4.69, 9.17) is 0 Å². The Morgan fingerprint density at radius 2 is 1.83 bits per heavy atom. The quantitative estimate of drug-likeness (QED) is 0.819. The lowest BCUT2D eigenvalue weighted by Gasteiger charge is -2.27. The molecular formula is C20H22N2O. The number of pyridine rings is 1. The Hall–Kier alpha value is -2.34. The Labute approximate surface area is 137 Å². The Kier molecular flexibility index (Phi) is 4.34. The van der Waals surface area contributed by atoms with E-state index in [9.17, 15) is 10.1 Å². The van der Waals surface area contributed by atoms with Crippen LogP contribution in [0.5, 0.6) is 0 Å². The van der Waals surface area contributed by atoms with E-state index in [1.807, 2.05) is 16.7 Å². The van der Waals surface area contributed by atoms with Crippen molar-refractivity contribution in [3.8, 4) is 17.3 Å². The number of hydrogen-bond acceptors (Lipinski definition) is 2. The SMILES string of the molecule is Cc1ccc(C)c(-c2ccc(C#N)c(=O)n2C2CCCCC2)c1. The molecule has 1 aromatic carbocycles. The van der Waals surface area contributed by atoms with Crippen molar-refractivity contribution in [3.63, 3.8) is 0 Å². The Morgan fingerprint density at radius 1 is 1.09 bits per heavy atom. The lowest BCUT2D eigenvalue weighted by atomic mass is 9.93. The molecule has 2 aromatic rings. The molecule has 0 aliphatic heterocycles. The third kappa shape index (κ3) is 2.94. The van der Waals surface area contributed by atoms with Crippen LogP contribution in [0, 0.1) is 25.2 Å². The summed E-state index contributed by atoms with van der Waals surface area (Å²) in [5, 5.41) is 9.24. The van der Waals surface area contributed by atoms with Crippen molar-refractivity contribution < 1.29 is 0 Å². The predicted molar refractivity (Wildman–Crippen MR) is 92.4 cm³/mol. The molecule has 3 nitrogen and oxygen atoms in total. The summed E-state index contributed by atoms with van der Waals surface area (Å²) >= 11 is 0. The molecule has 23 heavy (non-hydrogen) atoms. The molecule has 0 spiro atoms. The molecule has 0 saturated heterocycles. The second kappa shape index (κ2) is 6.42. The van der Waals surface area contributed by atoms with Gasteiger partial charge in [0.1, 0.15) is 11.6 Å². The zero-order valence-corrected chi connectivity index (χ0v) is 13.8. The number of benzene rings is 1. The van der Waals surface area contributed by atoms with Gasteiger partial charge in [-0.3, -0.25) is 4.79 Å². The Morgan fingerprint density at radius 3 is 2.52 bits per heavy atom. The van der Waals surface area contributed by atoms with Gasteiger partial charge in [-0.2, -0.15) is 5.26 Å². The van der Waals surface area contributed by atoms with Crippen LogP contribution in [0.25, 0.3) is 11.3 Å². The van der Waals surface area contributed by atoms with Crippen LogP contribution in [0.2, 0.25) is 0 Å². The smallest absolute Gasteiger partial charge is 0.269 e. The van der Waals surface area contributed by atoms with Crippen LogP contribution < -0.4 is 5.56 Å². The second-order valence-electron chi connectivity index (χ2n) is 6.53. The molecule has 1 aromatic heterocycles. The molecule has 3 rings (SSSR count). The van der Waals surface area contributed by atoms with Gasteiger partial charge < -0.3 is 4.57 Å². The van der Waals surface area contributed by atoms with Crippen LogP contribution >= 0.6 is 0 Å². The summed E-state index contributed by atoms with van der Waals surface area (Å²) in [7, 11) is 0. The highest BCUT2D eigenvalue weighted by Crippen LogP contribution is 2.32. The first-order valence-electron chi connectivity index (χ1n) is 8.35. The molecule has 1 heterocycles. The maximum absolute atomic E-state index is 12.8. The number of nitriles is 1. The molecule has 1 fully saturated rings. The van der Waals surface area contributed by atoms with E-state index in [0.717, 1.165) is 42.5 Å². The van der Waals surface area contributed by atoms with Gasteiger partial charge in [0, 0.05) is 11.6 Å². The molecule has 118 valence electrons. The average Bonchev–Trinajstić information content (AvgIpc) is 2.57. The fraction of sp³-hybridized carbons (Fsp3) is 0.400. The van der Waals surface area contributed by atoms with Gasteiger partial charge in [-0.25, -0.2) is 0 Å². The number of nitrogens with zero attached hydrogens (tertiary/aromatic N) is 2. The highest BCUT2D eigenvalue weighted by Gasteiger charge is 2.21. The summed E-state index contributed by atoms with van der Waals surface area (Å²) in [6.07, 6.45) is 5.58. The minimum absolute atomic E-state index is 0.141. The van der Waals surface area contributed by atoms with Gasteiger partial charge in [0.25, 0.3) is 5.56 Å². The van der Waals surface area contributed by atoms with Crippen molar-refractivity contribution in [1.82, 2.24) is 4.57 Å². The molecule has 1 aliphatic rings. The van der Waals surface area contributed by atoms with Gasteiger partial charge >= 0.3 is 0 Å². The Balaban J connectivity index is 2.24. The van der Waals surface area contributed by atoms with Crippen LogP contribution in [0.4, 0.5) is 0 Å². The maximum Gasteiger partial charge on any atom is 0.269 e. The zero-order valence-electron chi connectivity index (χ0n) is 13.8. The van der Waals surface area contributed by atoms with E-state index in [2.05, 4.69) is 32.0 Å². The van der Waals surface area contributed by atoms with Gasteiger partial charge in [0.15, 0.2) is 0 Å². The standard InChI is InChI=1S/C20H22N2O/c1-14-8-9-15(2)18(12-14)19-11-10-16(13-21)20(23)22(19)17-6-4-3-5-7-17/h8-12,17H,3-7H2,1-2H3. The molecule has 1 saturated carbocycles. The van der Waals surface area contributed by atoms with E-state index < -0.39 is 0 Å². The lowest BCUT2D eigenvalue weighted by molar-refractivity contribution is 0.348. The zero-order chi connectivity index (χ0) is 16.4. The second-order valence-corrected chi connectivity index (χ2v) is 6.53. The maximum atomic E-state index is 12.8. The first-order valence-corrected chi connectivity index (χ1v) is 8.35. The summed E-state index contributed by atoms with van der Waals surface area (Å²) < 4.78 is 1.89. The van der Waals surface area contributed by atoms with Crippen LogP contribution in [-0.2, 0) is 0 Å². The van der Waals surface area contributed by atoms with Crippen molar-refractivity contribution in [2.75, 3.05) is 0 Å². The third-order valence-electron chi connectivity index (χ3n) is 4.85. The highest BCUT2D eigenvalue weighted by molar-refractivity contribution is 5.65. The van der Waals surface area contributed by atoms with E-state index in [1.54, 1.807) is 6.07 Å². The average molecular weight is 306 g/mol. The van der Waals surface area contributed by atoms with E-state index in [0.29, 0.717) is 0 Å². The summed E-state index contributed by atoms with van der Waals surface area (Å²) in [5.74, 6) is 0. The van der Waals surface area contributed by atoms with Crippen LogP contribution in [0.3, 0.4) is 0 Å². The van der Waals surface area contributed by atoms with Crippen molar-refractivity contribution in [2.45, 2.75) is 52.0 Å². The summed E-state index contributed by atoms with van der Waals surface area (Å²) in [4.78, 5) is 12.8.